The van der Waals surface area contributed by atoms with Crippen LogP contribution in [0, 0.1) is 0 Å². The third-order valence-corrected chi connectivity index (χ3v) is 3.88. The lowest BCUT2D eigenvalue weighted by Crippen LogP contribution is -2.43. The predicted molar refractivity (Wildman–Crippen MR) is 67.0 cm³/mol. The van der Waals surface area contributed by atoms with Crippen LogP contribution in [0.2, 0.25) is 0 Å². The number of carbonyl (C=O) groups is 1. The number of nitrogens with zero attached hydrogens (tertiary/aromatic N) is 3. The van der Waals surface area contributed by atoms with Crippen LogP contribution in [0.4, 0.5) is 0 Å². The SMILES string of the molecule is NCC(=O)n1ncc2c1CN(C1CCCNC1)C2. The van der Waals surface area contributed by atoms with Gasteiger partial charge in [0, 0.05) is 31.2 Å². The maximum atomic E-state index is 11.7. The topological polar surface area (TPSA) is 76.2 Å². The van der Waals surface area contributed by atoms with Gasteiger partial charge in [-0.25, -0.2) is 4.68 Å². The van der Waals surface area contributed by atoms with Crippen molar-refractivity contribution in [1.82, 2.24) is 20.0 Å². The van der Waals surface area contributed by atoms with Gasteiger partial charge in [0.2, 0.25) is 0 Å². The van der Waals surface area contributed by atoms with E-state index in [4.69, 9.17) is 5.73 Å². The third kappa shape index (κ3) is 1.96. The molecule has 1 saturated heterocycles. The van der Waals surface area contributed by atoms with Crippen molar-refractivity contribution in [1.29, 1.82) is 0 Å². The second-order valence-corrected chi connectivity index (χ2v) is 5.03. The number of aromatic nitrogens is 2. The third-order valence-electron chi connectivity index (χ3n) is 3.88. The summed E-state index contributed by atoms with van der Waals surface area (Å²) in [5.41, 5.74) is 7.59. The molecular weight excluding hydrogens is 230 g/mol. The van der Waals surface area contributed by atoms with Gasteiger partial charge in [-0.2, -0.15) is 5.10 Å². The molecule has 6 heteroatoms. The molecule has 0 bridgehead atoms. The summed E-state index contributed by atoms with van der Waals surface area (Å²) >= 11 is 0. The summed E-state index contributed by atoms with van der Waals surface area (Å²) in [4.78, 5) is 14.1. The Kier molecular flexibility index (Phi) is 3.15. The molecule has 3 heterocycles. The van der Waals surface area contributed by atoms with E-state index in [1.54, 1.807) is 6.20 Å². The van der Waals surface area contributed by atoms with Gasteiger partial charge in [0.15, 0.2) is 0 Å². The number of hydrogen-bond donors (Lipinski definition) is 2. The molecule has 0 saturated carbocycles. The Morgan fingerprint density at radius 2 is 2.44 bits per heavy atom. The average molecular weight is 249 g/mol. The van der Waals surface area contributed by atoms with Gasteiger partial charge in [-0.3, -0.25) is 9.69 Å². The summed E-state index contributed by atoms with van der Waals surface area (Å²) in [7, 11) is 0. The average Bonchev–Trinajstić information content (AvgIpc) is 2.98. The first kappa shape index (κ1) is 11.8. The first-order chi connectivity index (χ1) is 8.79. The minimum absolute atomic E-state index is 0.0130. The maximum absolute atomic E-state index is 11.7. The zero-order valence-corrected chi connectivity index (χ0v) is 10.4. The van der Waals surface area contributed by atoms with Gasteiger partial charge >= 0.3 is 0 Å². The van der Waals surface area contributed by atoms with Crippen LogP contribution in [0.15, 0.2) is 6.20 Å². The highest BCUT2D eigenvalue weighted by molar-refractivity contribution is 5.80. The van der Waals surface area contributed by atoms with Gasteiger partial charge in [0.25, 0.3) is 5.91 Å². The van der Waals surface area contributed by atoms with Gasteiger partial charge in [-0.05, 0) is 19.4 Å². The molecule has 1 unspecified atom stereocenters. The number of hydrogen-bond acceptors (Lipinski definition) is 5. The van der Waals surface area contributed by atoms with Crippen molar-refractivity contribution in [3.63, 3.8) is 0 Å². The van der Waals surface area contributed by atoms with E-state index in [0.29, 0.717) is 6.04 Å². The molecule has 0 amide bonds. The molecule has 0 radical (unpaired) electrons. The molecule has 18 heavy (non-hydrogen) atoms. The quantitative estimate of drug-likeness (QED) is 0.742. The van der Waals surface area contributed by atoms with Crippen LogP contribution >= 0.6 is 0 Å². The molecule has 1 fully saturated rings. The number of rotatable bonds is 2. The zero-order valence-electron chi connectivity index (χ0n) is 10.4. The first-order valence-electron chi connectivity index (χ1n) is 6.53. The summed E-state index contributed by atoms with van der Waals surface area (Å²) in [5, 5.41) is 7.56. The monoisotopic (exact) mass is 249 g/mol. The van der Waals surface area contributed by atoms with Crippen molar-refractivity contribution >= 4 is 5.91 Å². The Morgan fingerprint density at radius 3 is 3.17 bits per heavy atom. The summed E-state index contributed by atoms with van der Waals surface area (Å²) < 4.78 is 1.48. The molecule has 2 aliphatic rings. The van der Waals surface area contributed by atoms with E-state index < -0.39 is 0 Å². The van der Waals surface area contributed by atoms with Crippen LogP contribution in [-0.2, 0) is 13.1 Å². The van der Waals surface area contributed by atoms with Crippen LogP contribution in [0.3, 0.4) is 0 Å². The number of fused-ring (bicyclic) bond motifs is 1. The van der Waals surface area contributed by atoms with E-state index in [0.717, 1.165) is 31.9 Å². The molecule has 1 aromatic heterocycles. The normalized spacial score (nSPS) is 24.2. The van der Waals surface area contributed by atoms with Crippen molar-refractivity contribution in [3.8, 4) is 0 Å². The fraction of sp³-hybridized carbons (Fsp3) is 0.667. The number of nitrogens with two attached hydrogens (primary N) is 1. The highest BCUT2D eigenvalue weighted by Crippen LogP contribution is 2.26. The molecule has 0 aromatic carbocycles. The van der Waals surface area contributed by atoms with Crippen molar-refractivity contribution in [2.75, 3.05) is 19.6 Å². The lowest BCUT2D eigenvalue weighted by Gasteiger charge is -2.31. The molecule has 98 valence electrons. The van der Waals surface area contributed by atoms with Crippen molar-refractivity contribution < 1.29 is 4.79 Å². The van der Waals surface area contributed by atoms with Gasteiger partial charge in [0.05, 0.1) is 18.4 Å². The summed E-state index contributed by atoms with van der Waals surface area (Å²) in [6.07, 6.45) is 4.26. The Labute approximate surface area is 106 Å². The van der Waals surface area contributed by atoms with Gasteiger partial charge < -0.3 is 11.1 Å². The van der Waals surface area contributed by atoms with E-state index >= 15 is 0 Å². The molecule has 6 nitrogen and oxygen atoms in total. The Hall–Kier alpha value is -1.24. The van der Waals surface area contributed by atoms with Crippen molar-refractivity contribution in [3.05, 3.63) is 17.5 Å². The first-order valence-corrected chi connectivity index (χ1v) is 6.53. The van der Waals surface area contributed by atoms with Crippen LogP contribution < -0.4 is 11.1 Å². The van der Waals surface area contributed by atoms with Crippen molar-refractivity contribution in [2.24, 2.45) is 5.73 Å². The fourth-order valence-electron chi connectivity index (χ4n) is 2.88. The molecule has 1 aromatic rings. The van der Waals surface area contributed by atoms with E-state index in [9.17, 15) is 4.79 Å². The molecule has 2 aliphatic heterocycles. The smallest absolute Gasteiger partial charge is 0.260 e. The maximum Gasteiger partial charge on any atom is 0.260 e. The van der Waals surface area contributed by atoms with E-state index in [2.05, 4.69) is 15.3 Å². The molecule has 0 spiro atoms. The van der Waals surface area contributed by atoms with Crippen molar-refractivity contribution in [2.45, 2.75) is 32.0 Å². The highest BCUT2D eigenvalue weighted by atomic mass is 16.2. The molecular formula is C12H19N5O. The molecule has 3 rings (SSSR count). The largest absolute Gasteiger partial charge is 0.322 e. The molecule has 3 N–H and O–H groups in total. The lowest BCUT2D eigenvalue weighted by atomic mass is 10.1. The Morgan fingerprint density at radius 1 is 1.56 bits per heavy atom. The fourth-order valence-corrected chi connectivity index (χ4v) is 2.88. The molecule has 1 atom stereocenters. The van der Waals surface area contributed by atoms with E-state index in [-0.39, 0.29) is 12.5 Å². The predicted octanol–water partition coefficient (Wildman–Crippen LogP) is -0.450. The molecule has 0 aliphatic carbocycles. The van der Waals surface area contributed by atoms with Crippen LogP contribution in [0.1, 0.15) is 28.9 Å². The minimum Gasteiger partial charge on any atom is -0.322 e. The highest BCUT2D eigenvalue weighted by Gasteiger charge is 2.30. The minimum atomic E-state index is -0.125. The van der Waals surface area contributed by atoms with E-state index in [1.165, 1.54) is 23.1 Å². The van der Waals surface area contributed by atoms with E-state index in [1.807, 2.05) is 0 Å². The Bertz CT molecular complexity index is 449. The summed E-state index contributed by atoms with van der Waals surface area (Å²) in [6, 6.07) is 0.576. The summed E-state index contributed by atoms with van der Waals surface area (Å²) in [6.45, 7) is 3.89. The summed E-state index contributed by atoms with van der Waals surface area (Å²) in [5.74, 6) is -0.125. The van der Waals surface area contributed by atoms with Gasteiger partial charge in [0.1, 0.15) is 0 Å². The van der Waals surface area contributed by atoms with Gasteiger partial charge in [-0.1, -0.05) is 0 Å². The lowest BCUT2D eigenvalue weighted by molar-refractivity contribution is 0.0898. The standard InChI is InChI=1S/C12H19N5O/c13-4-12(18)17-11-8-16(7-9(11)5-15-17)10-2-1-3-14-6-10/h5,10,14H,1-4,6-8,13H2. The second-order valence-electron chi connectivity index (χ2n) is 5.03. The van der Waals surface area contributed by atoms with Crippen LogP contribution in [-0.4, -0.2) is 46.3 Å². The Balaban J connectivity index is 1.75. The van der Waals surface area contributed by atoms with Crippen LogP contribution in [0.25, 0.3) is 0 Å². The zero-order chi connectivity index (χ0) is 12.5. The van der Waals surface area contributed by atoms with Gasteiger partial charge in [-0.15, -0.1) is 0 Å². The number of nitrogens with one attached hydrogen (secondary N) is 1. The number of piperidine rings is 1. The second kappa shape index (κ2) is 4.79. The van der Waals surface area contributed by atoms with Crippen LogP contribution in [0.5, 0.6) is 0 Å². The number of carbonyl (C=O) groups excluding carboxylic acids is 1.